The Morgan fingerprint density at radius 3 is 2.71 bits per heavy atom. The molecule has 2 aromatic carbocycles. The van der Waals surface area contributed by atoms with Crippen molar-refractivity contribution < 1.29 is 17.6 Å². The molecule has 144 valence electrons. The number of fused-ring (bicyclic) bond motifs is 2. The van der Waals surface area contributed by atoms with Gasteiger partial charge in [-0.1, -0.05) is 29.8 Å². The van der Waals surface area contributed by atoms with Crippen LogP contribution in [-0.2, 0) is 16.4 Å². The molecule has 28 heavy (non-hydrogen) atoms. The Labute approximate surface area is 168 Å². The maximum Gasteiger partial charge on any atom is 0.268 e. The Bertz CT molecular complexity index is 1320. The van der Waals surface area contributed by atoms with Crippen molar-refractivity contribution in [3.8, 4) is 0 Å². The highest BCUT2D eigenvalue weighted by Gasteiger charge is 2.35. The molecule has 0 radical (unpaired) electrons. The molecule has 0 spiro atoms. The molecule has 2 atom stereocenters. The van der Waals surface area contributed by atoms with E-state index in [0.717, 1.165) is 27.6 Å². The molecule has 0 fully saturated rings. The topological polar surface area (TPSA) is 62.5 Å². The smallest absolute Gasteiger partial charge is 0.268 e. The van der Waals surface area contributed by atoms with Crippen LogP contribution in [0.1, 0.15) is 20.8 Å². The van der Waals surface area contributed by atoms with E-state index in [0.29, 0.717) is 11.9 Å². The Morgan fingerprint density at radius 1 is 1.18 bits per heavy atom. The Hall–Kier alpha value is -2.41. The molecule has 0 unspecified atom stereocenters. The van der Waals surface area contributed by atoms with E-state index in [1.54, 1.807) is 48.7 Å². The maximum absolute atomic E-state index is 13.4. The number of nitrogens with zero attached hydrogens (tertiary/aromatic N) is 2. The highest BCUT2D eigenvalue weighted by Crippen LogP contribution is 2.41. The molecule has 6 heteroatoms. The molecule has 5 nitrogen and oxygen atoms in total. The monoisotopic (exact) mass is 397 g/mol. The average molecular weight is 398 g/mol. The van der Waals surface area contributed by atoms with Gasteiger partial charge in [-0.05, 0) is 61.3 Å². The third kappa shape index (κ3) is 2.49. The van der Waals surface area contributed by atoms with E-state index in [9.17, 15) is 13.5 Å². The van der Waals surface area contributed by atoms with Gasteiger partial charge in [-0.25, -0.2) is 12.4 Å². The minimum atomic E-state index is -3.82. The van der Waals surface area contributed by atoms with Crippen molar-refractivity contribution in [1.29, 1.82) is 0 Å². The SMILES string of the molecule is [2H]C([2H])([2H])N1C[C@@H](O)C=C2c3cccc4c3c(cn4S(=O)(=O)c3ccc(C)cc3)C[C@H]21. The number of β-amino-alcohol motifs (C(OH)–C–C–N with tert-alkyl or cyclic N) is 1. The minimum absolute atomic E-state index is 0.0123. The molecule has 1 aliphatic heterocycles. The number of aryl methyl sites for hydroxylation is 1. The number of hydrogen-bond donors (Lipinski definition) is 1. The zero-order chi connectivity index (χ0) is 22.1. The molecular formula is C22H22N2O3S. The van der Waals surface area contributed by atoms with Gasteiger partial charge in [0.2, 0.25) is 0 Å². The molecule has 2 aliphatic rings. The van der Waals surface area contributed by atoms with Crippen molar-refractivity contribution in [2.75, 3.05) is 13.5 Å². The predicted octanol–water partition coefficient (Wildman–Crippen LogP) is 2.80. The summed E-state index contributed by atoms with van der Waals surface area (Å²) >= 11 is 0. The van der Waals surface area contributed by atoms with Crippen LogP contribution < -0.4 is 0 Å². The fourth-order valence-corrected chi connectivity index (χ4v) is 5.70. The molecule has 1 aromatic heterocycles. The van der Waals surface area contributed by atoms with Gasteiger partial charge in [-0.3, -0.25) is 4.90 Å². The summed E-state index contributed by atoms with van der Waals surface area (Å²) < 4.78 is 51.9. The van der Waals surface area contributed by atoms with Crippen LogP contribution in [0.5, 0.6) is 0 Å². The lowest BCUT2D eigenvalue weighted by Crippen LogP contribution is -2.44. The molecule has 0 bridgehead atoms. The molecule has 0 saturated heterocycles. The number of rotatable bonds is 2. The molecule has 1 aliphatic carbocycles. The van der Waals surface area contributed by atoms with Gasteiger partial charge in [0, 0.05) is 28.3 Å². The van der Waals surface area contributed by atoms with Crippen molar-refractivity contribution in [1.82, 2.24) is 8.87 Å². The van der Waals surface area contributed by atoms with E-state index in [2.05, 4.69) is 0 Å². The average Bonchev–Trinajstić information content (AvgIpc) is 3.08. The first kappa shape index (κ1) is 14.6. The molecule has 1 N–H and O–H groups in total. The van der Waals surface area contributed by atoms with Crippen LogP contribution >= 0.6 is 0 Å². The summed E-state index contributed by atoms with van der Waals surface area (Å²) in [6.45, 7) is -0.458. The number of hydrogen-bond acceptors (Lipinski definition) is 4. The fourth-order valence-electron chi connectivity index (χ4n) is 4.32. The van der Waals surface area contributed by atoms with Gasteiger partial charge in [0.05, 0.1) is 16.5 Å². The van der Waals surface area contributed by atoms with Crippen molar-refractivity contribution in [2.45, 2.75) is 30.4 Å². The first-order valence-electron chi connectivity index (χ1n) is 10.7. The summed E-state index contributed by atoms with van der Waals surface area (Å²) in [5.74, 6) is 0. The summed E-state index contributed by atoms with van der Waals surface area (Å²) in [6.07, 6.45) is 2.78. The lowest BCUT2D eigenvalue weighted by atomic mass is 9.81. The maximum atomic E-state index is 13.4. The van der Waals surface area contributed by atoms with Crippen molar-refractivity contribution in [3.05, 3.63) is 71.4 Å². The van der Waals surface area contributed by atoms with Gasteiger partial charge >= 0.3 is 0 Å². The van der Waals surface area contributed by atoms with Gasteiger partial charge in [-0.15, -0.1) is 0 Å². The summed E-state index contributed by atoms with van der Waals surface area (Å²) in [4.78, 5) is 1.53. The number of aliphatic hydroxyl groups excluding tert-OH is 1. The zero-order valence-corrected chi connectivity index (χ0v) is 16.1. The number of aliphatic hydroxyl groups is 1. The second kappa shape index (κ2) is 6.04. The highest BCUT2D eigenvalue weighted by atomic mass is 32.2. The standard InChI is InChI=1S/C22H22N2O3S/c1-14-6-8-17(9-7-14)28(26,27)24-12-15-10-21-19(11-16(25)13-23(21)2)18-4-3-5-20(24)22(15)18/h3-9,11-12,16,21,25H,10,13H2,1-2H3/t16-,21+/m0/s1/i2D3. The van der Waals surface area contributed by atoms with Gasteiger partial charge in [0.1, 0.15) is 0 Å². The quantitative estimate of drug-likeness (QED) is 0.722. The molecule has 3 aromatic rings. The van der Waals surface area contributed by atoms with E-state index < -0.39 is 29.1 Å². The first-order chi connectivity index (χ1) is 14.6. The summed E-state index contributed by atoms with van der Waals surface area (Å²) in [5, 5.41) is 11.1. The number of aromatic nitrogens is 1. The molecule has 2 heterocycles. The number of likely N-dealkylation sites (N-methyl/N-ethyl adjacent to an activating group) is 1. The van der Waals surface area contributed by atoms with E-state index in [4.69, 9.17) is 4.11 Å². The van der Waals surface area contributed by atoms with E-state index in [1.165, 1.54) is 8.87 Å². The Morgan fingerprint density at radius 2 is 1.96 bits per heavy atom. The summed E-state index contributed by atoms with van der Waals surface area (Å²) in [5.41, 5.74) is 3.81. The normalized spacial score (nSPS) is 24.2. The minimum Gasteiger partial charge on any atom is -0.388 e. The molecule has 5 rings (SSSR count). The Balaban J connectivity index is 1.72. The van der Waals surface area contributed by atoms with Crippen LogP contribution in [0.15, 0.2) is 59.6 Å². The molecular weight excluding hydrogens is 372 g/mol. The van der Waals surface area contributed by atoms with Crippen LogP contribution in [0.4, 0.5) is 0 Å². The fraction of sp³-hybridized carbons (Fsp3) is 0.273. The third-order valence-electron chi connectivity index (χ3n) is 5.67. The summed E-state index contributed by atoms with van der Waals surface area (Å²) in [6, 6.07) is 11.6. The first-order valence-corrected chi connectivity index (χ1v) is 10.6. The van der Waals surface area contributed by atoms with Crippen LogP contribution in [0.3, 0.4) is 0 Å². The van der Waals surface area contributed by atoms with E-state index in [1.807, 2.05) is 13.0 Å². The Kier molecular flexibility index (Phi) is 3.14. The van der Waals surface area contributed by atoms with Gasteiger partial charge in [-0.2, -0.15) is 0 Å². The second-order valence-corrected chi connectivity index (χ2v) is 9.34. The predicted molar refractivity (Wildman–Crippen MR) is 110 cm³/mol. The lowest BCUT2D eigenvalue weighted by Gasteiger charge is -2.38. The number of benzene rings is 2. The van der Waals surface area contributed by atoms with E-state index in [-0.39, 0.29) is 11.4 Å². The van der Waals surface area contributed by atoms with Gasteiger partial charge in [0.25, 0.3) is 10.0 Å². The van der Waals surface area contributed by atoms with Gasteiger partial charge < -0.3 is 5.11 Å². The largest absolute Gasteiger partial charge is 0.388 e. The van der Waals surface area contributed by atoms with Crippen molar-refractivity contribution in [3.63, 3.8) is 0 Å². The van der Waals surface area contributed by atoms with Crippen LogP contribution in [0.2, 0.25) is 0 Å². The van der Waals surface area contributed by atoms with Crippen LogP contribution in [0, 0.1) is 6.92 Å². The van der Waals surface area contributed by atoms with E-state index >= 15 is 0 Å². The van der Waals surface area contributed by atoms with Crippen LogP contribution in [-0.4, -0.2) is 48.1 Å². The summed E-state index contributed by atoms with van der Waals surface area (Å²) in [7, 11) is -3.82. The molecule has 0 saturated carbocycles. The lowest BCUT2D eigenvalue weighted by molar-refractivity contribution is 0.139. The van der Waals surface area contributed by atoms with Crippen molar-refractivity contribution >= 4 is 26.5 Å². The second-order valence-electron chi connectivity index (χ2n) is 7.53. The zero-order valence-electron chi connectivity index (χ0n) is 18.3. The van der Waals surface area contributed by atoms with Gasteiger partial charge in [0.15, 0.2) is 0 Å². The van der Waals surface area contributed by atoms with Crippen LogP contribution in [0.25, 0.3) is 16.5 Å². The third-order valence-corrected chi connectivity index (χ3v) is 7.35. The highest BCUT2D eigenvalue weighted by molar-refractivity contribution is 7.90. The van der Waals surface area contributed by atoms with Crippen molar-refractivity contribution in [2.24, 2.45) is 0 Å². The molecule has 0 amide bonds.